The van der Waals surface area contributed by atoms with Gasteiger partial charge in [-0.15, -0.1) is 0 Å². The third-order valence-electron chi connectivity index (χ3n) is 4.74. The summed E-state index contributed by atoms with van der Waals surface area (Å²) in [4.78, 5) is 29.6. The molecule has 9 heteroatoms. The third kappa shape index (κ3) is 3.39. The van der Waals surface area contributed by atoms with Crippen LogP contribution in [0.3, 0.4) is 0 Å². The molecule has 150 valence electrons. The zero-order valence-corrected chi connectivity index (χ0v) is 16.5. The van der Waals surface area contributed by atoms with Crippen LogP contribution in [0.5, 0.6) is 11.5 Å². The summed E-state index contributed by atoms with van der Waals surface area (Å²) in [6.45, 7) is 0.399. The Morgan fingerprint density at radius 2 is 1.97 bits per heavy atom. The van der Waals surface area contributed by atoms with Gasteiger partial charge in [-0.1, -0.05) is 36.4 Å². The van der Waals surface area contributed by atoms with E-state index < -0.39 is 0 Å². The average molecular weight is 420 g/mol. The number of amides is 1. The molecule has 1 amide bonds. The fourth-order valence-electron chi connectivity index (χ4n) is 3.22. The number of nitrogens with zero attached hydrogens (tertiary/aromatic N) is 3. The Morgan fingerprint density at radius 3 is 2.83 bits per heavy atom. The Hall–Kier alpha value is -3.72. The van der Waals surface area contributed by atoms with Crippen molar-refractivity contribution in [3.05, 3.63) is 70.8 Å². The van der Waals surface area contributed by atoms with Crippen LogP contribution in [0.1, 0.15) is 5.56 Å². The van der Waals surface area contributed by atoms with Gasteiger partial charge in [0.1, 0.15) is 22.5 Å². The van der Waals surface area contributed by atoms with Crippen LogP contribution in [0.2, 0.25) is 0 Å². The van der Waals surface area contributed by atoms with Gasteiger partial charge in [0.2, 0.25) is 12.7 Å². The number of carbonyl (C=O) groups excluding carboxylic acids is 1. The van der Waals surface area contributed by atoms with Crippen molar-refractivity contribution in [3.63, 3.8) is 0 Å². The van der Waals surface area contributed by atoms with E-state index in [2.05, 4.69) is 14.7 Å². The SMILES string of the molecule is O=C(Cn1cnc2c(-c3ccccc3)nsc2c1=O)NCc1ccc2c(c1)OCO2. The van der Waals surface area contributed by atoms with E-state index in [0.717, 1.165) is 22.7 Å². The first-order valence-corrected chi connectivity index (χ1v) is 10.0. The van der Waals surface area contributed by atoms with Crippen molar-refractivity contribution < 1.29 is 14.3 Å². The van der Waals surface area contributed by atoms with Gasteiger partial charge in [0, 0.05) is 12.1 Å². The van der Waals surface area contributed by atoms with Gasteiger partial charge in [-0.05, 0) is 29.2 Å². The van der Waals surface area contributed by atoms with Crippen LogP contribution in [0.25, 0.3) is 21.5 Å². The summed E-state index contributed by atoms with van der Waals surface area (Å²) >= 11 is 1.09. The molecular formula is C21H16N4O4S. The Labute approximate surface area is 174 Å². The first-order valence-electron chi connectivity index (χ1n) is 9.24. The van der Waals surface area contributed by atoms with Gasteiger partial charge in [-0.2, -0.15) is 4.37 Å². The van der Waals surface area contributed by atoms with E-state index in [-0.39, 0.29) is 24.8 Å². The lowest BCUT2D eigenvalue weighted by molar-refractivity contribution is -0.121. The van der Waals surface area contributed by atoms with E-state index in [1.807, 2.05) is 42.5 Å². The Balaban J connectivity index is 1.31. The molecule has 0 fully saturated rings. The van der Waals surface area contributed by atoms with Crippen LogP contribution in [-0.2, 0) is 17.9 Å². The molecule has 0 radical (unpaired) electrons. The molecule has 0 bridgehead atoms. The molecule has 30 heavy (non-hydrogen) atoms. The van der Waals surface area contributed by atoms with Gasteiger partial charge in [0.05, 0.1) is 6.33 Å². The monoisotopic (exact) mass is 420 g/mol. The Bertz CT molecular complexity index is 1300. The maximum Gasteiger partial charge on any atom is 0.273 e. The summed E-state index contributed by atoms with van der Waals surface area (Å²) in [5.74, 6) is 1.06. The summed E-state index contributed by atoms with van der Waals surface area (Å²) < 4.78 is 16.7. The van der Waals surface area contributed by atoms with Gasteiger partial charge in [-0.3, -0.25) is 14.2 Å². The molecule has 1 aliphatic rings. The fourth-order valence-corrected chi connectivity index (χ4v) is 4.02. The third-order valence-corrected chi connectivity index (χ3v) is 5.56. The number of ether oxygens (including phenoxy) is 2. The van der Waals surface area contributed by atoms with E-state index in [4.69, 9.17) is 9.47 Å². The Kier molecular flexibility index (Phi) is 4.64. The topological polar surface area (TPSA) is 95.3 Å². The maximum absolute atomic E-state index is 12.8. The molecule has 2 aromatic carbocycles. The van der Waals surface area contributed by atoms with Gasteiger partial charge >= 0.3 is 0 Å². The molecule has 4 aromatic rings. The Morgan fingerprint density at radius 1 is 1.13 bits per heavy atom. The second kappa shape index (κ2) is 7.60. The lowest BCUT2D eigenvalue weighted by Crippen LogP contribution is -2.31. The van der Waals surface area contributed by atoms with Gasteiger partial charge in [0.25, 0.3) is 5.56 Å². The smallest absolute Gasteiger partial charge is 0.273 e. The lowest BCUT2D eigenvalue weighted by atomic mass is 10.1. The summed E-state index contributed by atoms with van der Waals surface area (Å²) in [5, 5.41) is 2.81. The number of nitrogens with one attached hydrogen (secondary N) is 1. The molecule has 8 nitrogen and oxygen atoms in total. The number of aromatic nitrogens is 3. The summed E-state index contributed by atoms with van der Waals surface area (Å²) in [6, 6.07) is 15.1. The highest BCUT2D eigenvalue weighted by atomic mass is 32.1. The predicted molar refractivity (Wildman–Crippen MR) is 112 cm³/mol. The van der Waals surface area contributed by atoms with Gasteiger partial charge < -0.3 is 14.8 Å². The minimum atomic E-state index is -0.288. The maximum atomic E-state index is 12.8. The number of rotatable bonds is 5. The molecule has 0 spiro atoms. The zero-order chi connectivity index (χ0) is 20.5. The van der Waals surface area contributed by atoms with Crippen LogP contribution in [0.15, 0.2) is 59.7 Å². The van der Waals surface area contributed by atoms with Crippen molar-refractivity contribution in [3.8, 4) is 22.8 Å². The highest BCUT2D eigenvalue weighted by Gasteiger charge is 2.16. The van der Waals surface area contributed by atoms with Crippen LogP contribution >= 0.6 is 11.5 Å². The molecule has 3 heterocycles. The first kappa shape index (κ1) is 18.3. The van der Waals surface area contributed by atoms with Crippen molar-refractivity contribution in [2.45, 2.75) is 13.1 Å². The van der Waals surface area contributed by atoms with Crippen molar-refractivity contribution >= 4 is 27.7 Å². The molecule has 2 aromatic heterocycles. The molecule has 0 unspecified atom stereocenters. The van der Waals surface area contributed by atoms with Gasteiger partial charge in [0.15, 0.2) is 11.5 Å². The lowest BCUT2D eigenvalue weighted by Gasteiger charge is -2.08. The number of benzene rings is 2. The quantitative estimate of drug-likeness (QED) is 0.533. The van der Waals surface area contributed by atoms with Crippen LogP contribution in [0, 0.1) is 0 Å². The van der Waals surface area contributed by atoms with Crippen molar-refractivity contribution in [2.75, 3.05) is 6.79 Å². The first-order chi connectivity index (χ1) is 14.7. The minimum Gasteiger partial charge on any atom is -0.454 e. The number of fused-ring (bicyclic) bond motifs is 2. The average Bonchev–Trinajstić information content (AvgIpc) is 3.42. The zero-order valence-electron chi connectivity index (χ0n) is 15.7. The summed E-state index contributed by atoms with van der Waals surface area (Å²) in [6.07, 6.45) is 1.39. The number of hydrogen-bond donors (Lipinski definition) is 1. The number of hydrogen-bond acceptors (Lipinski definition) is 7. The van der Waals surface area contributed by atoms with Crippen molar-refractivity contribution in [1.29, 1.82) is 0 Å². The summed E-state index contributed by atoms with van der Waals surface area (Å²) in [5.41, 5.74) is 2.72. The molecule has 0 atom stereocenters. The summed E-state index contributed by atoms with van der Waals surface area (Å²) in [7, 11) is 0. The van der Waals surface area contributed by atoms with E-state index in [1.165, 1.54) is 10.9 Å². The second-order valence-electron chi connectivity index (χ2n) is 6.72. The van der Waals surface area contributed by atoms with Crippen LogP contribution < -0.4 is 20.3 Å². The van der Waals surface area contributed by atoms with Crippen molar-refractivity contribution in [1.82, 2.24) is 19.2 Å². The number of carbonyl (C=O) groups is 1. The highest BCUT2D eigenvalue weighted by molar-refractivity contribution is 7.13. The second-order valence-corrected chi connectivity index (χ2v) is 7.49. The van der Waals surface area contributed by atoms with E-state index in [9.17, 15) is 9.59 Å². The van der Waals surface area contributed by atoms with Gasteiger partial charge in [-0.25, -0.2) is 4.98 Å². The minimum absolute atomic E-state index is 0.120. The standard InChI is InChI=1S/C21H16N4O4S/c26-17(22-9-13-6-7-15-16(8-13)29-12-28-15)10-25-11-23-19-18(14-4-2-1-3-5-14)24-30-20(19)21(25)27/h1-8,11H,9-10,12H2,(H,22,26). The molecule has 0 saturated carbocycles. The van der Waals surface area contributed by atoms with Crippen LogP contribution in [-0.4, -0.2) is 26.6 Å². The predicted octanol–water partition coefficient (Wildman–Crippen LogP) is 2.57. The largest absolute Gasteiger partial charge is 0.454 e. The van der Waals surface area contributed by atoms with E-state index >= 15 is 0 Å². The van der Waals surface area contributed by atoms with E-state index in [0.29, 0.717) is 34.0 Å². The molecule has 1 N–H and O–H groups in total. The van der Waals surface area contributed by atoms with E-state index in [1.54, 1.807) is 6.07 Å². The van der Waals surface area contributed by atoms with Crippen molar-refractivity contribution in [2.24, 2.45) is 0 Å². The fraction of sp³-hybridized carbons (Fsp3) is 0.143. The molecular weight excluding hydrogens is 404 g/mol. The highest BCUT2D eigenvalue weighted by Crippen LogP contribution is 2.32. The molecule has 5 rings (SSSR count). The molecule has 1 aliphatic heterocycles. The van der Waals surface area contributed by atoms with Crippen LogP contribution in [0.4, 0.5) is 0 Å². The normalized spacial score (nSPS) is 12.3. The molecule has 0 saturated heterocycles. The molecule has 0 aliphatic carbocycles.